The van der Waals surface area contributed by atoms with Gasteiger partial charge in [0.2, 0.25) is 0 Å². The summed E-state index contributed by atoms with van der Waals surface area (Å²) in [6, 6.07) is 1.72. The third-order valence-electron chi connectivity index (χ3n) is 1.38. The summed E-state index contributed by atoms with van der Waals surface area (Å²) in [6.07, 6.45) is 2.23. The van der Waals surface area contributed by atoms with Crippen LogP contribution in [0.3, 0.4) is 0 Å². The molecule has 0 radical (unpaired) electrons. The maximum absolute atomic E-state index is 10.4. The zero-order valence-corrected chi connectivity index (χ0v) is 7.39. The SMILES string of the molecule is O=Cc1cnc2nc(Cl)sc2c1. The van der Waals surface area contributed by atoms with Crippen molar-refractivity contribution in [3.63, 3.8) is 0 Å². The summed E-state index contributed by atoms with van der Waals surface area (Å²) in [4.78, 5) is 18.3. The van der Waals surface area contributed by atoms with Gasteiger partial charge in [0.1, 0.15) is 0 Å². The second-order valence-electron chi connectivity index (χ2n) is 2.18. The van der Waals surface area contributed by atoms with Gasteiger partial charge in [-0.3, -0.25) is 4.79 Å². The van der Waals surface area contributed by atoms with Crippen LogP contribution in [0.5, 0.6) is 0 Å². The molecule has 2 rings (SSSR count). The molecule has 0 unspecified atom stereocenters. The van der Waals surface area contributed by atoms with E-state index in [-0.39, 0.29) is 0 Å². The topological polar surface area (TPSA) is 42.9 Å². The van der Waals surface area contributed by atoms with Crippen molar-refractivity contribution in [1.29, 1.82) is 0 Å². The molecule has 0 aliphatic carbocycles. The molecule has 0 bridgehead atoms. The fourth-order valence-corrected chi connectivity index (χ4v) is 1.90. The van der Waals surface area contributed by atoms with Crippen LogP contribution in [0, 0.1) is 0 Å². The number of carbonyl (C=O) groups excluding carboxylic acids is 1. The van der Waals surface area contributed by atoms with Gasteiger partial charge in [-0.2, -0.15) is 0 Å². The number of hydrogen-bond donors (Lipinski definition) is 0. The first kappa shape index (κ1) is 7.64. The summed E-state index contributed by atoms with van der Waals surface area (Å²) >= 11 is 6.97. The van der Waals surface area contributed by atoms with E-state index in [9.17, 15) is 4.79 Å². The lowest BCUT2D eigenvalue weighted by molar-refractivity contribution is 0.112. The van der Waals surface area contributed by atoms with Gasteiger partial charge < -0.3 is 0 Å². The Morgan fingerprint density at radius 2 is 2.42 bits per heavy atom. The van der Waals surface area contributed by atoms with Crippen molar-refractivity contribution in [2.24, 2.45) is 0 Å². The zero-order chi connectivity index (χ0) is 8.55. The lowest BCUT2D eigenvalue weighted by Crippen LogP contribution is -1.81. The summed E-state index contributed by atoms with van der Waals surface area (Å²) in [5.41, 5.74) is 1.14. The lowest BCUT2D eigenvalue weighted by atomic mass is 10.3. The molecule has 0 aromatic carbocycles. The molecule has 0 fully saturated rings. The quantitative estimate of drug-likeness (QED) is 0.660. The number of aldehydes is 1. The molecule has 60 valence electrons. The normalized spacial score (nSPS) is 10.4. The van der Waals surface area contributed by atoms with Gasteiger partial charge in [0, 0.05) is 11.8 Å². The molecule has 0 saturated carbocycles. The number of nitrogens with zero attached hydrogens (tertiary/aromatic N) is 2. The van der Waals surface area contributed by atoms with Crippen LogP contribution in [0.2, 0.25) is 4.47 Å². The highest BCUT2D eigenvalue weighted by Crippen LogP contribution is 2.24. The Bertz CT molecular complexity index is 440. The van der Waals surface area contributed by atoms with Gasteiger partial charge in [0.15, 0.2) is 16.4 Å². The second kappa shape index (κ2) is 2.80. The molecule has 0 amide bonds. The fraction of sp³-hybridized carbons (Fsp3) is 0. The van der Waals surface area contributed by atoms with Gasteiger partial charge in [0.25, 0.3) is 0 Å². The Balaban J connectivity index is 2.74. The molecule has 0 saturated heterocycles. The monoisotopic (exact) mass is 198 g/mol. The van der Waals surface area contributed by atoms with Gasteiger partial charge in [0.05, 0.1) is 4.70 Å². The predicted molar refractivity (Wildman–Crippen MR) is 47.8 cm³/mol. The molecule has 2 aromatic heterocycles. The van der Waals surface area contributed by atoms with Crippen molar-refractivity contribution in [1.82, 2.24) is 9.97 Å². The molecule has 0 aliphatic rings. The standard InChI is InChI=1S/C7H3ClN2OS/c8-7-10-6-5(12-7)1-4(3-11)2-9-6/h1-3H. The van der Waals surface area contributed by atoms with Crippen LogP contribution < -0.4 is 0 Å². The maximum atomic E-state index is 10.4. The van der Waals surface area contributed by atoms with Crippen LogP contribution in [0.4, 0.5) is 0 Å². The minimum Gasteiger partial charge on any atom is -0.298 e. The average molecular weight is 199 g/mol. The number of aromatic nitrogens is 2. The third kappa shape index (κ3) is 1.19. The molecule has 0 atom stereocenters. The number of carbonyl (C=O) groups is 1. The first-order valence-corrected chi connectivity index (χ1v) is 4.36. The third-order valence-corrected chi connectivity index (χ3v) is 2.47. The van der Waals surface area contributed by atoms with Crippen molar-refractivity contribution < 1.29 is 4.79 Å². The van der Waals surface area contributed by atoms with E-state index in [1.807, 2.05) is 0 Å². The highest BCUT2D eigenvalue weighted by atomic mass is 35.5. The highest BCUT2D eigenvalue weighted by molar-refractivity contribution is 7.22. The maximum Gasteiger partial charge on any atom is 0.186 e. The summed E-state index contributed by atoms with van der Waals surface area (Å²) in [6.45, 7) is 0. The molecule has 5 heteroatoms. The molecule has 0 spiro atoms. The summed E-state index contributed by atoms with van der Waals surface area (Å²) in [5, 5.41) is 0. The Labute approximate surface area is 77.0 Å². The second-order valence-corrected chi connectivity index (χ2v) is 3.79. The van der Waals surface area contributed by atoms with E-state index in [4.69, 9.17) is 11.6 Å². The molecular weight excluding hydrogens is 196 g/mol. The minimum atomic E-state index is 0.445. The Hall–Kier alpha value is -1.00. The van der Waals surface area contributed by atoms with Crippen LogP contribution in [0.1, 0.15) is 10.4 Å². The summed E-state index contributed by atoms with van der Waals surface area (Å²) in [5.74, 6) is 0. The van der Waals surface area contributed by atoms with Crippen LogP contribution in [-0.4, -0.2) is 16.3 Å². The number of halogens is 1. The summed E-state index contributed by atoms with van der Waals surface area (Å²) in [7, 11) is 0. The molecule has 2 aromatic rings. The summed E-state index contributed by atoms with van der Waals surface area (Å²) < 4.78 is 1.28. The van der Waals surface area contributed by atoms with Gasteiger partial charge in [-0.25, -0.2) is 9.97 Å². The molecule has 3 nitrogen and oxygen atoms in total. The molecule has 2 heterocycles. The predicted octanol–water partition coefficient (Wildman–Crippen LogP) is 2.16. The van der Waals surface area contributed by atoms with E-state index in [1.54, 1.807) is 6.07 Å². The van der Waals surface area contributed by atoms with E-state index < -0.39 is 0 Å². The number of hydrogen-bond acceptors (Lipinski definition) is 4. The van der Waals surface area contributed by atoms with Crippen LogP contribution in [0.25, 0.3) is 10.3 Å². The largest absolute Gasteiger partial charge is 0.298 e. The Morgan fingerprint density at radius 3 is 3.17 bits per heavy atom. The fourth-order valence-electron chi connectivity index (χ4n) is 0.873. The Kier molecular flexibility index (Phi) is 1.78. The first-order chi connectivity index (χ1) is 5.79. The van der Waals surface area contributed by atoms with Gasteiger partial charge in [-0.1, -0.05) is 11.6 Å². The highest BCUT2D eigenvalue weighted by Gasteiger charge is 2.02. The first-order valence-electron chi connectivity index (χ1n) is 3.17. The van der Waals surface area contributed by atoms with Gasteiger partial charge >= 0.3 is 0 Å². The number of pyridine rings is 1. The number of rotatable bonds is 1. The van der Waals surface area contributed by atoms with Crippen molar-refractivity contribution in [2.75, 3.05) is 0 Å². The van der Waals surface area contributed by atoms with Crippen molar-refractivity contribution in [3.05, 3.63) is 22.3 Å². The molecule has 0 aliphatic heterocycles. The van der Waals surface area contributed by atoms with E-state index in [0.29, 0.717) is 15.7 Å². The number of fused-ring (bicyclic) bond motifs is 1. The van der Waals surface area contributed by atoms with Crippen molar-refractivity contribution in [2.45, 2.75) is 0 Å². The number of thiazole rings is 1. The Morgan fingerprint density at radius 1 is 1.58 bits per heavy atom. The van der Waals surface area contributed by atoms with Gasteiger partial charge in [-0.05, 0) is 6.07 Å². The van der Waals surface area contributed by atoms with Crippen molar-refractivity contribution in [3.8, 4) is 0 Å². The van der Waals surface area contributed by atoms with Crippen LogP contribution in [0.15, 0.2) is 12.3 Å². The van der Waals surface area contributed by atoms with Gasteiger partial charge in [-0.15, -0.1) is 11.3 Å². The van der Waals surface area contributed by atoms with Crippen LogP contribution >= 0.6 is 22.9 Å². The van der Waals surface area contributed by atoms with E-state index in [0.717, 1.165) is 11.0 Å². The smallest absolute Gasteiger partial charge is 0.186 e. The lowest BCUT2D eigenvalue weighted by Gasteiger charge is -1.86. The average Bonchev–Trinajstić information content (AvgIpc) is 2.43. The van der Waals surface area contributed by atoms with E-state index in [1.165, 1.54) is 17.5 Å². The minimum absolute atomic E-state index is 0.445. The van der Waals surface area contributed by atoms with E-state index >= 15 is 0 Å². The van der Waals surface area contributed by atoms with Crippen LogP contribution in [-0.2, 0) is 0 Å². The zero-order valence-electron chi connectivity index (χ0n) is 5.82. The molecular formula is C7H3ClN2OS. The molecule has 12 heavy (non-hydrogen) atoms. The van der Waals surface area contributed by atoms with E-state index in [2.05, 4.69) is 9.97 Å². The van der Waals surface area contributed by atoms with Crippen molar-refractivity contribution >= 4 is 39.6 Å². The molecule has 0 N–H and O–H groups in total.